The monoisotopic (exact) mass is 370 g/mol. The summed E-state index contributed by atoms with van der Waals surface area (Å²) in [4.78, 5) is 38.3. The number of aliphatic carboxylic acids is 1. The van der Waals surface area contributed by atoms with Crippen molar-refractivity contribution in [3.8, 4) is 0 Å². The largest absolute Gasteiger partial charge is 0.480 e. The number of amides is 2. The minimum absolute atomic E-state index is 0.0506. The maximum atomic E-state index is 12.7. The lowest BCUT2D eigenvalue weighted by Gasteiger charge is -2.26. The van der Waals surface area contributed by atoms with Crippen molar-refractivity contribution in [2.45, 2.75) is 23.1 Å². The Bertz CT molecular complexity index is 825. The molecule has 26 heavy (non-hydrogen) atoms. The average Bonchev–Trinajstić information content (AvgIpc) is 2.62. The van der Waals surface area contributed by atoms with Gasteiger partial charge in [-0.05, 0) is 17.7 Å². The quantitative estimate of drug-likeness (QED) is 0.816. The number of thioether (sulfide) groups is 1. The lowest BCUT2D eigenvalue weighted by Crippen LogP contribution is -2.39. The first-order chi connectivity index (χ1) is 12.5. The summed E-state index contributed by atoms with van der Waals surface area (Å²) in [6, 6.07) is 16.6. The highest BCUT2D eigenvalue weighted by molar-refractivity contribution is 8.01. The first-order valence-electron chi connectivity index (χ1n) is 8.13. The smallest absolute Gasteiger partial charge is 0.323 e. The second-order valence-corrected chi connectivity index (χ2v) is 7.17. The Kier molecular flexibility index (Phi) is 5.58. The maximum absolute atomic E-state index is 12.7. The zero-order valence-corrected chi connectivity index (χ0v) is 14.7. The molecule has 0 spiro atoms. The molecule has 7 heteroatoms. The number of anilines is 1. The highest BCUT2D eigenvalue weighted by Gasteiger charge is 2.30. The van der Waals surface area contributed by atoms with Gasteiger partial charge < -0.3 is 15.3 Å². The molecule has 1 aliphatic rings. The molecule has 0 aromatic heterocycles. The number of carbonyl (C=O) groups excluding carboxylic acids is 2. The number of hydrogen-bond acceptors (Lipinski definition) is 4. The van der Waals surface area contributed by atoms with Crippen molar-refractivity contribution in [2.24, 2.45) is 0 Å². The maximum Gasteiger partial charge on any atom is 0.323 e. The summed E-state index contributed by atoms with van der Waals surface area (Å²) in [5.41, 5.74) is 1.58. The van der Waals surface area contributed by atoms with E-state index in [1.807, 2.05) is 54.6 Å². The number of carbonyl (C=O) groups is 3. The van der Waals surface area contributed by atoms with E-state index in [9.17, 15) is 14.4 Å². The summed E-state index contributed by atoms with van der Waals surface area (Å²) >= 11 is 1.33. The van der Waals surface area contributed by atoms with Crippen molar-refractivity contribution in [2.75, 3.05) is 11.9 Å². The van der Waals surface area contributed by atoms with Crippen LogP contribution in [0.4, 0.5) is 5.69 Å². The van der Waals surface area contributed by atoms with Crippen LogP contribution < -0.4 is 5.32 Å². The zero-order chi connectivity index (χ0) is 18.5. The second-order valence-electron chi connectivity index (χ2n) is 5.93. The predicted octanol–water partition coefficient (Wildman–Crippen LogP) is 2.60. The number of nitrogens with one attached hydrogen (secondary N) is 1. The molecule has 0 fully saturated rings. The van der Waals surface area contributed by atoms with Crippen LogP contribution in [0.15, 0.2) is 59.5 Å². The predicted molar refractivity (Wildman–Crippen MR) is 98.8 cm³/mol. The summed E-state index contributed by atoms with van der Waals surface area (Å²) in [5.74, 6) is -1.68. The molecule has 2 amide bonds. The van der Waals surface area contributed by atoms with E-state index in [4.69, 9.17) is 5.11 Å². The van der Waals surface area contributed by atoms with Gasteiger partial charge in [-0.25, -0.2) is 0 Å². The zero-order valence-electron chi connectivity index (χ0n) is 13.9. The fourth-order valence-electron chi connectivity index (χ4n) is 2.71. The number of fused-ring (bicyclic) bond motifs is 1. The van der Waals surface area contributed by atoms with Gasteiger partial charge in [0, 0.05) is 17.9 Å². The van der Waals surface area contributed by atoms with Crippen LogP contribution in [0, 0.1) is 0 Å². The first kappa shape index (κ1) is 18.0. The number of carboxylic acid groups (broad SMARTS) is 1. The fourth-order valence-corrected chi connectivity index (χ4v) is 3.82. The molecular weight excluding hydrogens is 352 g/mol. The van der Waals surface area contributed by atoms with Gasteiger partial charge in [-0.1, -0.05) is 42.5 Å². The average molecular weight is 370 g/mol. The van der Waals surface area contributed by atoms with Crippen LogP contribution in [0.3, 0.4) is 0 Å². The SMILES string of the molecule is O=C(O)CN(Cc1ccccc1)C(=O)C[C@H]1Sc2ccccc2NC1=O. The molecule has 0 saturated carbocycles. The number of para-hydroxylation sites is 1. The van der Waals surface area contributed by atoms with Gasteiger partial charge in [0.15, 0.2) is 0 Å². The molecule has 1 aliphatic heterocycles. The molecule has 1 heterocycles. The van der Waals surface area contributed by atoms with Gasteiger partial charge in [-0.2, -0.15) is 0 Å². The Morgan fingerprint density at radius 2 is 1.77 bits per heavy atom. The Morgan fingerprint density at radius 1 is 1.08 bits per heavy atom. The molecule has 2 aromatic rings. The van der Waals surface area contributed by atoms with Crippen LogP contribution >= 0.6 is 11.8 Å². The molecule has 0 radical (unpaired) electrons. The molecule has 2 N–H and O–H groups in total. The fraction of sp³-hybridized carbons (Fsp3) is 0.211. The molecule has 3 rings (SSSR count). The summed E-state index contributed by atoms with van der Waals surface area (Å²) in [5, 5.41) is 11.3. The van der Waals surface area contributed by atoms with Gasteiger partial charge in [0.05, 0.1) is 10.9 Å². The molecular formula is C19H18N2O4S. The van der Waals surface area contributed by atoms with E-state index in [1.165, 1.54) is 16.7 Å². The Balaban J connectivity index is 1.71. The lowest BCUT2D eigenvalue weighted by molar-refractivity contribution is -0.145. The van der Waals surface area contributed by atoms with E-state index < -0.39 is 17.8 Å². The van der Waals surface area contributed by atoms with Crippen LogP contribution in [0.5, 0.6) is 0 Å². The molecule has 0 bridgehead atoms. The van der Waals surface area contributed by atoms with Gasteiger partial charge in [0.25, 0.3) is 0 Å². The Hall–Kier alpha value is -2.80. The van der Waals surface area contributed by atoms with E-state index in [1.54, 1.807) is 0 Å². The van der Waals surface area contributed by atoms with E-state index in [2.05, 4.69) is 5.32 Å². The Labute approximate surface area is 155 Å². The summed E-state index contributed by atoms with van der Waals surface area (Å²) in [6.07, 6.45) is -0.0506. The van der Waals surface area contributed by atoms with Crippen LogP contribution in [0.25, 0.3) is 0 Å². The van der Waals surface area contributed by atoms with E-state index in [0.29, 0.717) is 0 Å². The van der Waals surface area contributed by atoms with E-state index in [-0.39, 0.29) is 24.8 Å². The number of carboxylic acids is 1. The number of nitrogens with zero attached hydrogens (tertiary/aromatic N) is 1. The second kappa shape index (κ2) is 8.05. The van der Waals surface area contributed by atoms with Crippen molar-refractivity contribution >= 4 is 35.2 Å². The van der Waals surface area contributed by atoms with Crippen molar-refractivity contribution < 1.29 is 19.5 Å². The molecule has 6 nitrogen and oxygen atoms in total. The summed E-state index contributed by atoms with van der Waals surface area (Å²) < 4.78 is 0. The number of benzene rings is 2. The van der Waals surface area contributed by atoms with E-state index in [0.717, 1.165) is 16.1 Å². The highest BCUT2D eigenvalue weighted by Crippen LogP contribution is 2.36. The van der Waals surface area contributed by atoms with Crippen LogP contribution in [-0.4, -0.2) is 39.6 Å². The van der Waals surface area contributed by atoms with Crippen molar-refractivity contribution in [1.29, 1.82) is 0 Å². The molecule has 1 atom stereocenters. The van der Waals surface area contributed by atoms with Crippen LogP contribution in [-0.2, 0) is 20.9 Å². The third-order valence-corrected chi connectivity index (χ3v) is 5.24. The normalized spacial score (nSPS) is 15.7. The topological polar surface area (TPSA) is 86.7 Å². The standard InChI is InChI=1S/C19H18N2O4S/c22-17(21(12-18(23)24)11-13-6-2-1-3-7-13)10-16-19(25)20-14-8-4-5-9-15(14)26-16/h1-9,16H,10-12H2,(H,20,25)(H,23,24)/t16-/m1/s1. The van der Waals surface area contributed by atoms with Gasteiger partial charge in [0.1, 0.15) is 6.54 Å². The van der Waals surface area contributed by atoms with Crippen LogP contribution in [0.1, 0.15) is 12.0 Å². The molecule has 134 valence electrons. The first-order valence-corrected chi connectivity index (χ1v) is 9.01. The lowest BCUT2D eigenvalue weighted by atomic mass is 10.2. The highest BCUT2D eigenvalue weighted by atomic mass is 32.2. The van der Waals surface area contributed by atoms with Gasteiger partial charge >= 0.3 is 5.97 Å². The minimum Gasteiger partial charge on any atom is -0.480 e. The van der Waals surface area contributed by atoms with Crippen molar-refractivity contribution in [1.82, 2.24) is 4.90 Å². The van der Waals surface area contributed by atoms with E-state index >= 15 is 0 Å². The number of rotatable bonds is 6. The summed E-state index contributed by atoms with van der Waals surface area (Å²) in [6.45, 7) is -0.203. The third kappa shape index (κ3) is 4.43. The van der Waals surface area contributed by atoms with Crippen molar-refractivity contribution in [3.05, 3.63) is 60.2 Å². The molecule has 2 aromatic carbocycles. The summed E-state index contributed by atoms with van der Waals surface area (Å²) in [7, 11) is 0. The van der Waals surface area contributed by atoms with Gasteiger partial charge in [0.2, 0.25) is 11.8 Å². The molecule has 0 unspecified atom stereocenters. The molecule has 0 saturated heterocycles. The van der Waals surface area contributed by atoms with Gasteiger partial charge in [-0.15, -0.1) is 11.8 Å². The van der Waals surface area contributed by atoms with Gasteiger partial charge in [-0.3, -0.25) is 14.4 Å². The van der Waals surface area contributed by atoms with Crippen molar-refractivity contribution in [3.63, 3.8) is 0 Å². The van der Waals surface area contributed by atoms with Crippen LogP contribution in [0.2, 0.25) is 0 Å². The third-order valence-electron chi connectivity index (χ3n) is 3.96. The number of hydrogen-bond donors (Lipinski definition) is 2. The minimum atomic E-state index is -1.08. The Morgan fingerprint density at radius 3 is 2.50 bits per heavy atom. The molecule has 0 aliphatic carbocycles.